The van der Waals surface area contributed by atoms with Crippen LogP contribution in [0.15, 0.2) is 42.5 Å². The molecule has 0 radical (unpaired) electrons. The van der Waals surface area contributed by atoms with E-state index in [1.54, 1.807) is 0 Å². The van der Waals surface area contributed by atoms with Gasteiger partial charge in [-0.25, -0.2) is 0 Å². The highest BCUT2D eigenvalue weighted by molar-refractivity contribution is 5.41. The van der Waals surface area contributed by atoms with Gasteiger partial charge in [0, 0.05) is 6.54 Å². The average Bonchev–Trinajstić information content (AvgIpc) is 2.42. The Hall–Kier alpha value is -2.11. The third-order valence-corrected chi connectivity index (χ3v) is 3.51. The van der Waals surface area contributed by atoms with Crippen LogP contribution < -0.4 is 5.32 Å². The van der Waals surface area contributed by atoms with Gasteiger partial charge >= 0.3 is 0 Å². The predicted octanol–water partition coefficient (Wildman–Crippen LogP) is 3.97. The van der Waals surface area contributed by atoms with E-state index >= 15 is 0 Å². The summed E-state index contributed by atoms with van der Waals surface area (Å²) in [5.41, 5.74) is 5.89. The fourth-order valence-electron chi connectivity index (χ4n) is 2.67. The second-order valence-corrected chi connectivity index (χ2v) is 5.24. The molecule has 2 heteroatoms. The quantitative estimate of drug-likeness (QED) is 0.907. The number of aryl methyl sites for hydroxylation is 3. The summed E-state index contributed by atoms with van der Waals surface area (Å²) < 4.78 is 0. The molecule has 2 aromatic rings. The predicted molar refractivity (Wildman–Crippen MR) is 82.3 cm³/mol. The monoisotopic (exact) mass is 264 g/mol. The Balaban J connectivity index is 2.19. The SMILES string of the molecule is Cc1cc(C)c(C(C#N)NCc2ccccc2)c(C)c1. The van der Waals surface area contributed by atoms with Crippen molar-refractivity contribution in [2.45, 2.75) is 33.4 Å². The maximum absolute atomic E-state index is 9.46. The molecule has 2 nitrogen and oxygen atoms in total. The minimum absolute atomic E-state index is 0.268. The van der Waals surface area contributed by atoms with Crippen LogP contribution in [0.25, 0.3) is 0 Å². The molecule has 0 amide bonds. The first kappa shape index (κ1) is 14.3. The number of benzene rings is 2. The minimum Gasteiger partial charge on any atom is -0.294 e. The van der Waals surface area contributed by atoms with Crippen molar-refractivity contribution in [1.29, 1.82) is 5.26 Å². The van der Waals surface area contributed by atoms with Gasteiger partial charge in [-0.3, -0.25) is 5.32 Å². The molecule has 0 saturated heterocycles. The molecule has 0 aliphatic heterocycles. The first-order chi connectivity index (χ1) is 9.61. The fraction of sp³-hybridized carbons (Fsp3) is 0.278. The molecule has 0 aromatic heterocycles. The van der Waals surface area contributed by atoms with E-state index in [1.165, 1.54) is 22.3 Å². The lowest BCUT2D eigenvalue weighted by molar-refractivity contribution is 0.625. The Morgan fingerprint density at radius 3 is 2.20 bits per heavy atom. The molecule has 1 atom stereocenters. The van der Waals surface area contributed by atoms with Gasteiger partial charge in [0.1, 0.15) is 6.04 Å². The minimum atomic E-state index is -0.268. The van der Waals surface area contributed by atoms with Crippen LogP contribution in [-0.2, 0) is 6.54 Å². The van der Waals surface area contributed by atoms with E-state index in [1.807, 2.05) is 18.2 Å². The third kappa shape index (κ3) is 3.26. The van der Waals surface area contributed by atoms with Crippen LogP contribution in [-0.4, -0.2) is 0 Å². The van der Waals surface area contributed by atoms with E-state index in [0.717, 1.165) is 5.56 Å². The lowest BCUT2D eigenvalue weighted by atomic mass is 9.94. The molecule has 2 rings (SSSR count). The number of nitrogens with one attached hydrogen (secondary N) is 1. The van der Waals surface area contributed by atoms with Crippen molar-refractivity contribution in [2.24, 2.45) is 0 Å². The third-order valence-electron chi connectivity index (χ3n) is 3.51. The molecule has 1 N–H and O–H groups in total. The van der Waals surface area contributed by atoms with E-state index in [9.17, 15) is 5.26 Å². The summed E-state index contributed by atoms with van der Waals surface area (Å²) in [5.74, 6) is 0. The summed E-state index contributed by atoms with van der Waals surface area (Å²) in [5, 5.41) is 12.8. The van der Waals surface area contributed by atoms with E-state index in [0.29, 0.717) is 6.54 Å². The smallest absolute Gasteiger partial charge is 0.122 e. The second kappa shape index (κ2) is 6.36. The van der Waals surface area contributed by atoms with E-state index < -0.39 is 0 Å². The molecule has 0 aliphatic rings. The zero-order valence-corrected chi connectivity index (χ0v) is 12.3. The molecule has 0 bridgehead atoms. The molecule has 0 saturated carbocycles. The van der Waals surface area contributed by atoms with Crippen molar-refractivity contribution in [2.75, 3.05) is 0 Å². The average molecular weight is 264 g/mol. The molecule has 1 unspecified atom stereocenters. The van der Waals surface area contributed by atoms with Gasteiger partial charge in [-0.15, -0.1) is 0 Å². The lowest BCUT2D eigenvalue weighted by Crippen LogP contribution is -2.21. The highest BCUT2D eigenvalue weighted by atomic mass is 14.9. The largest absolute Gasteiger partial charge is 0.294 e. The molecule has 0 fully saturated rings. The van der Waals surface area contributed by atoms with Crippen molar-refractivity contribution in [3.8, 4) is 6.07 Å². The normalized spacial score (nSPS) is 11.9. The first-order valence-electron chi connectivity index (χ1n) is 6.86. The standard InChI is InChI=1S/C18H20N2/c1-13-9-14(2)18(15(3)10-13)17(11-19)20-12-16-7-5-4-6-8-16/h4-10,17,20H,12H2,1-3H3. The Bertz CT molecular complexity index is 601. The van der Waals surface area contributed by atoms with Crippen LogP contribution in [0.1, 0.15) is 33.9 Å². The van der Waals surface area contributed by atoms with Gasteiger partial charge in [0.2, 0.25) is 0 Å². The zero-order valence-electron chi connectivity index (χ0n) is 12.3. The van der Waals surface area contributed by atoms with Gasteiger partial charge in [0.15, 0.2) is 0 Å². The zero-order chi connectivity index (χ0) is 14.5. The number of nitrogens with zero attached hydrogens (tertiary/aromatic N) is 1. The van der Waals surface area contributed by atoms with Crippen molar-refractivity contribution < 1.29 is 0 Å². The van der Waals surface area contributed by atoms with Crippen LogP contribution in [0, 0.1) is 32.1 Å². The van der Waals surface area contributed by atoms with Crippen LogP contribution in [0.2, 0.25) is 0 Å². The molecule has 2 aromatic carbocycles. The topological polar surface area (TPSA) is 35.8 Å². The van der Waals surface area contributed by atoms with E-state index in [4.69, 9.17) is 0 Å². The Morgan fingerprint density at radius 1 is 1.05 bits per heavy atom. The summed E-state index contributed by atoms with van der Waals surface area (Å²) in [4.78, 5) is 0. The Kier molecular flexibility index (Phi) is 4.55. The summed E-state index contributed by atoms with van der Waals surface area (Å²) in [7, 11) is 0. The van der Waals surface area contributed by atoms with Gasteiger partial charge in [0.25, 0.3) is 0 Å². The van der Waals surface area contributed by atoms with Gasteiger partial charge in [-0.1, -0.05) is 48.0 Å². The number of hydrogen-bond acceptors (Lipinski definition) is 2. The summed E-state index contributed by atoms with van der Waals surface area (Å²) in [6, 6.07) is 16.5. The second-order valence-electron chi connectivity index (χ2n) is 5.24. The van der Waals surface area contributed by atoms with Crippen molar-refractivity contribution in [3.05, 3.63) is 70.3 Å². The van der Waals surface area contributed by atoms with Crippen LogP contribution in [0.3, 0.4) is 0 Å². The summed E-state index contributed by atoms with van der Waals surface area (Å²) in [6.45, 7) is 6.93. The highest BCUT2D eigenvalue weighted by Gasteiger charge is 2.15. The van der Waals surface area contributed by atoms with Crippen molar-refractivity contribution >= 4 is 0 Å². The summed E-state index contributed by atoms with van der Waals surface area (Å²) in [6.07, 6.45) is 0. The molecule has 102 valence electrons. The van der Waals surface area contributed by atoms with Gasteiger partial charge in [-0.2, -0.15) is 5.26 Å². The van der Waals surface area contributed by atoms with Gasteiger partial charge < -0.3 is 0 Å². The lowest BCUT2D eigenvalue weighted by Gasteiger charge is -2.18. The van der Waals surface area contributed by atoms with Crippen molar-refractivity contribution in [3.63, 3.8) is 0 Å². The fourth-order valence-corrected chi connectivity index (χ4v) is 2.67. The Morgan fingerprint density at radius 2 is 1.65 bits per heavy atom. The number of rotatable bonds is 4. The van der Waals surface area contributed by atoms with Crippen LogP contribution >= 0.6 is 0 Å². The Labute approximate surface area is 121 Å². The molecular weight excluding hydrogens is 244 g/mol. The van der Waals surface area contributed by atoms with Crippen molar-refractivity contribution in [1.82, 2.24) is 5.32 Å². The molecule has 0 heterocycles. The van der Waals surface area contributed by atoms with E-state index in [2.05, 4.69) is 56.4 Å². The maximum Gasteiger partial charge on any atom is 0.122 e. The van der Waals surface area contributed by atoms with E-state index in [-0.39, 0.29) is 6.04 Å². The maximum atomic E-state index is 9.46. The van der Waals surface area contributed by atoms with Crippen LogP contribution in [0.4, 0.5) is 0 Å². The number of hydrogen-bond donors (Lipinski definition) is 1. The molecule has 20 heavy (non-hydrogen) atoms. The molecule has 0 aliphatic carbocycles. The van der Waals surface area contributed by atoms with Gasteiger partial charge in [-0.05, 0) is 43.0 Å². The van der Waals surface area contributed by atoms with Crippen LogP contribution in [0.5, 0.6) is 0 Å². The highest BCUT2D eigenvalue weighted by Crippen LogP contribution is 2.23. The summed E-state index contributed by atoms with van der Waals surface area (Å²) >= 11 is 0. The molecule has 0 spiro atoms. The molecular formula is C18H20N2. The van der Waals surface area contributed by atoms with Gasteiger partial charge in [0.05, 0.1) is 6.07 Å². The number of nitriles is 1. The first-order valence-corrected chi connectivity index (χ1v) is 6.86.